The molecule has 1 heterocycles. The van der Waals surface area contributed by atoms with Gasteiger partial charge in [-0.25, -0.2) is 4.39 Å². The number of hydrogen-bond donors (Lipinski definition) is 0. The number of halogens is 3. The second kappa shape index (κ2) is 5.03. The number of nitriles is 1. The van der Waals surface area contributed by atoms with Crippen molar-refractivity contribution in [3.8, 4) is 11.8 Å². The number of aromatic nitrogens is 1. The lowest BCUT2D eigenvalue weighted by Crippen LogP contribution is -2.27. The molecule has 2 radical (unpaired) electrons. The van der Waals surface area contributed by atoms with E-state index in [1.807, 2.05) is 6.07 Å². The van der Waals surface area contributed by atoms with Crippen LogP contribution in [0.4, 0.5) is 13.2 Å². The molecule has 1 aliphatic rings. The second-order valence-electron chi connectivity index (χ2n) is 5.01. The van der Waals surface area contributed by atoms with Gasteiger partial charge >= 0.3 is 6.61 Å². The molecule has 0 N–H and O–H groups in total. The maximum Gasteiger partial charge on any atom is 0.387 e. The van der Waals surface area contributed by atoms with Crippen LogP contribution < -0.4 is 10.3 Å². The van der Waals surface area contributed by atoms with Gasteiger partial charge in [-0.05, 0) is 30.9 Å². The van der Waals surface area contributed by atoms with Gasteiger partial charge in [-0.15, -0.1) is 0 Å². The van der Waals surface area contributed by atoms with E-state index < -0.39 is 18.2 Å². The van der Waals surface area contributed by atoms with Crippen LogP contribution in [0.5, 0.6) is 5.75 Å². The first-order valence-corrected chi connectivity index (χ1v) is 6.50. The summed E-state index contributed by atoms with van der Waals surface area (Å²) in [4.78, 5) is 0. The molecule has 1 fully saturated rings. The monoisotopic (exact) mass is 290 g/mol. The van der Waals surface area contributed by atoms with Crippen molar-refractivity contribution in [1.29, 1.82) is 5.26 Å². The van der Waals surface area contributed by atoms with Gasteiger partial charge in [0.15, 0.2) is 11.6 Å². The number of nitrogens with zero attached hydrogens (tertiary/aromatic N) is 2. The second-order valence-corrected chi connectivity index (χ2v) is 5.01. The predicted octanol–water partition coefficient (Wildman–Crippen LogP) is 2.77. The molecular formula is C14H10BF3N2O. The summed E-state index contributed by atoms with van der Waals surface area (Å²) in [5.74, 6) is -1.48. The van der Waals surface area contributed by atoms with Crippen LogP contribution in [-0.2, 0) is 0 Å². The Morgan fingerprint density at radius 3 is 2.62 bits per heavy atom. The largest absolute Gasteiger partial charge is 0.432 e. The molecule has 3 rings (SSSR count). The fourth-order valence-electron chi connectivity index (χ4n) is 2.67. The van der Waals surface area contributed by atoms with E-state index in [1.165, 1.54) is 6.07 Å². The summed E-state index contributed by atoms with van der Waals surface area (Å²) < 4.78 is 44.3. The van der Waals surface area contributed by atoms with Crippen molar-refractivity contribution in [2.75, 3.05) is 0 Å². The highest BCUT2D eigenvalue weighted by atomic mass is 19.3. The van der Waals surface area contributed by atoms with Crippen LogP contribution in [0, 0.1) is 17.1 Å². The molecule has 0 saturated heterocycles. The van der Waals surface area contributed by atoms with Crippen LogP contribution >= 0.6 is 0 Å². The van der Waals surface area contributed by atoms with Crippen molar-refractivity contribution >= 4 is 24.3 Å². The number of fused-ring (bicyclic) bond motifs is 1. The zero-order valence-corrected chi connectivity index (χ0v) is 10.9. The molecule has 2 aromatic rings. The van der Waals surface area contributed by atoms with E-state index in [0.29, 0.717) is 10.9 Å². The van der Waals surface area contributed by atoms with Crippen LogP contribution in [0.3, 0.4) is 0 Å². The molecule has 0 unspecified atom stereocenters. The van der Waals surface area contributed by atoms with Gasteiger partial charge in [-0.2, -0.15) is 14.0 Å². The summed E-state index contributed by atoms with van der Waals surface area (Å²) in [6, 6.07) is 4.27. The smallest absolute Gasteiger partial charge is 0.387 e. The Morgan fingerprint density at radius 1 is 1.38 bits per heavy atom. The van der Waals surface area contributed by atoms with Crippen LogP contribution in [0.2, 0.25) is 0 Å². The Bertz CT molecular complexity index is 747. The highest BCUT2D eigenvalue weighted by Crippen LogP contribution is 2.36. The quantitative estimate of drug-likeness (QED) is 0.815. The summed E-state index contributed by atoms with van der Waals surface area (Å²) in [7, 11) is 5.97. The van der Waals surface area contributed by atoms with Crippen molar-refractivity contribution in [3.05, 3.63) is 23.5 Å². The van der Waals surface area contributed by atoms with Crippen molar-refractivity contribution in [3.63, 3.8) is 0 Å². The third-order valence-electron chi connectivity index (χ3n) is 3.86. The minimum absolute atomic E-state index is 0.111. The Balaban J connectivity index is 2.25. The van der Waals surface area contributed by atoms with E-state index in [9.17, 15) is 18.4 Å². The van der Waals surface area contributed by atoms with Crippen molar-refractivity contribution < 1.29 is 17.9 Å². The molecule has 3 nitrogen and oxygen atoms in total. The van der Waals surface area contributed by atoms with E-state index in [-0.39, 0.29) is 17.2 Å². The SMILES string of the molecule is [B]c1c(C#N)c2cc(F)c(OC(F)F)cc2n1C1CCC1. The van der Waals surface area contributed by atoms with Gasteiger partial charge in [0, 0.05) is 17.5 Å². The van der Waals surface area contributed by atoms with Crippen LogP contribution in [0.15, 0.2) is 12.1 Å². The van der Waals surface area contributed by atoms with Gasteiger partial charge in [0.2, 0.25) is 0 Å². The molecular weight excluding hydrogens is 280 g/mol. The van der Waals surface area contributed by atoms with Crippen LogP contribution in [-0.4, -0.2) is 19.0 Å². The topological polar surface area (TPSA) is 37.9 Å². The van der Waals surface area contributed by atoms with E-state index in [1.54, 1.807) is 4.57 Å². The standard InChI is InChI=1S/C14H10BF3N2O/c15-13-9(6-19)8-4-10(16)12(21-14(17)18)5-11(8)20(13)7-2-1-3-7/h4-5,7,14H,1-3H2. The fourth-order valence-corrected chi connectivity index (χ4v) is 2.67. The van der Waals surface area contributed by atoms with E-state index in [2.05, 4.69) is 4.74 Å². The molecule has 0 aliphatic heterocycles. The lowest BCUT2D eigenvalue weighted by Gasteiger charge is -2.29. The average Bonchev–Trinajstić information content (AvgIpc) is 2.60. The first kappa shape index (κ1) is 13.9. The molecule has 1 aromatic heterocycles. The minimum Gasteiger partial charge on any atom is -0.432 e. The molecule has 0 bridgehead atoms. The molecule has 21 heavy (non-hydrogen) atoms. The van der Waals surface area contributed by atoms with Gasteiger partial charge in [-0.1, -0.05) is 0 Å². The molecule has 1 saturated carbocycles. The van der Waals surface area contributed by atoms with Crippen LogP contribution in [0.25, 0.3) is 10.9 Å². The third-order valence-corrected chi connectivity index (χ3v) is 3.86. The molecule has 1 aliphatic carbocycles. The summed E-state index contributed by atoms with van der Waals surface area (Å²) in [6.45, 7) is -3.11. The maximum atomic E-state index is 13.8. The molecule has 0 spiro atoms. The zero-order chi connectivity index (χ0) is 15.1. The Hall–Kier alpha value is -2.10. The van der Waals surface area contributed by atoms with E-state index >= 15 is 0 Å². The van der Waals surface area contributed by atoms with Gasteiger partial charge in [-0.3, -0.25) is 0 Å². The van der Waals surface area contributed by atoms with Crippen molar-refractivity contribution in [2.45, 2.75) is 31.9 Å². The summed E-state index contributed by atoms with van der Waals surface area (Å²) >= 11 is 0. The zero-order valence-electron chi connectivity index (χ0n) is 10.9. The number of hydrogen-bond acceptors (Lipinski definition) is 2. The van der Waals surface area contributed by atoms with Crippen molar-refractivity contribution in [2.24, 2.45) is 0 Å². The molecule has 0 atom stereocenters. The number of benzene rings is 1. The lowest BCUT2D eigenvalue weighted by molar-refractivity contribution is -0.0520. The first-order valence-electron chi connectivity index (χ1n) is 6.50. The van der Waals surface area contributed by atoms with E-state index in [4.69, 9.17) is 7.85 Å². The minimum atomic E-state index is -3.11. The molecule has 106 valence electrons. The summed E-state index contributed by atoms with van der Waals surface area (Å²) in [6.07, 6.45) is 2.82. The van der Waals surface area contributed by atoms with Gasteiger partial charge in [0.05, 0.1) is 11.1 Å². The Kier molecular flexibility index (Phi) is 3.32. The predicted molar refractivity (Wildman–Crippen MR) is 71.5 cm³/mol. The molecule has 7 heteroatoms. The number of alkyl halides is 2. The highest BCUT2D eigenvalue weighted by molar-refractivity contribution is 6.34. The Morgan fingerprint density at radius 2 is 2.10 bits per heavy atom. The van der Waals surface area contributed by atoms with Gasteiger partial charge in [0.1, 0.15) is 13.9 Å². The van der Waals surface area contributed by atoms with Gasteiger partial charge < -0.3 is 9.30 Å². The number of ether oxygens (including phenoxy) is 1. The molecule has 0 amide bonds. The first-order chi connectivity index (χ1) is 10.0. The average molecular weight is 290 g/mol. The normalized spacial score (nSPS) is 15.2. The third kappa shape index (κ3) is 2.15. The van der Waals surface area contributed by atoms with Crippen molar-refractivity contribution in [1.82, 2.24) is 4.57 Å². The highest BCUT2D eigenvalue weighted by Gasteiger charge is 2.26. The number of rotatable bonds is 3. The fraction of sp³-hybridized carbons (Fsp3) is 0.357. The van der Waals surface area contributed by atoms with Gasteiger partial charge in [0.25, 0.3) is 0 Å². The maximum absolute atomic E-state index is 13.8. The van der Waals surface area contributed by atoms with E-state index in [0.717, 1.165) is 25.3 Å². The summed E-state index contributed by atoms with van der Waals surface area (Å²) in [5.41, 5.74) is 0.857. The Labute approximate surface area is 120 Å². The lowest BCUT2D eigenvalue weighted by atomic mass is 9.90. The van der Waals surface area contributed by atoms with Crippen LogP contribution in [0.1, 0.15) is 30.9 Å². The summed E-state index contributed by atoms with van der Waals surface area (Å²) in [5, 5.41) is 9.51. The molecule has 1 aromatic carbocycles.